The second-order valence-corrected chi connectivity index (χ2v) is 7.06. The molecule has 2 heterocycles. The van der Waals surface area contributed by atoms with E-state index >= 15 is 0 Å². The summed E-state index contributed by atoms with van der Waals surface area (Å²) < 4.78 is 26.3. The summed E-state index contributed by atoms with van der Waals surface area (Å²) in [5, 5.41) is 3.22. The molecule has 0 saturated carbocycles. The first kappa shape index (κ1) is 17.7. The van der Waals surface area contributed by atoms with Crippen LogP contribution in [0.4, 0.5) is 0 Å². The van der Waals surface area contributed by atoms with Crippen molar-refractivity contribution >= 4 is 34.2 Å². The summed E-state index contributed by atoms with van der Waals surface area (Å²) in [5.74, 6) is 0.150. The molecule has 9 heteroatoms. The van der Waals surface area contributed by atoms with Crippen molar-refractivity contribution in [2.24, 2.45) is 4.99 Å². The molecule has 126 valence electrons. The van der Waals surface area contributed by atoms with Crippen molar-refractivity contribution in [2.45, 2.75) is 17.9 Å². The Balaban J connectivity index is 0.00000192. The molecular formula is C14H19ClN4O3S. The summed E-state index contributed by atoms with van der Waals surface area (Å²) in [5.41, 5.74) is 0.517. The molecule has 1 aromatic rings. The van der Waals surface area contributed by atoms with Crippen LogP contribution in [0.3, 0.4) is 0 Å². The molecule has 0 aromatic heterocycles. The number of rotatable bonds is 2. The average Bonchev–Trinajstić information content (AvgIpc) is 2.77. The largest absolute Gasteiger partial charge is 0.336 e. The Morgan fingerprint density at radius 3 is 2.87 bits per heavy atom. The fourth-order valence-electron chi connectivity index (χ4n) is 2.70. The van der Waals surface area contributed by atoms with Gasteiger partial charge in [0.15, 0.2) is 0 Å². The number of nitrogens with zero attached hydrogens (tertiary/aromatic N) is 2. The highest BCUT2D eigenvalue weighted by atomic mass is 35.5. The maximum Gasteiger partial charge on any atom is 0.263 e. The Hall–Kier alpha value is -1.64. The molecule has 0 aliphatic carbocycles. The van der Waals surface area contributed by atoms with E-state index in [9.17, 15) is 13.2 Å². The van der Waals surface area contributed by atoms with Crippen molar-refractivity contribution in [2.75, 3.05) is 26.2 Å². The van der Waals surface area contributed by atoms with Gasteiger partial charge in [0.2, 0.25) is 5.91 Å². The number of piperazine rings is 1. The minimum absolute atomic E-state index is 0. The van der Waals surface area contributed by atoms with Gasteiger partial charge in [0.05, 0.1) is 4.90 Å². The van der Waals surface area contributed by atoms with Crippen molar-refractivity contribution in [3.05, 3.63) is 29.8 Å². The summed E-state index contributed by atoms with van der Waals surface area (Å²) in [6.45, 7) is 4.09. The summed E-state index contributed by atoms with van der Waals surface area (Å²) in [6, 6.07) is 6.74. The van der Waals surface area contributed by atoms with Gasteiger partial charge in [0.25, 0.3) is 10.0 Å². The molecule has 1 amide bonds. The molecule has 0 unspecified atom stereocenters. The first-order valence-electron chi connectivity index (χ1n) is 7.16. The number of aliphatic imine (C=N–C) groups is 1. The maximum absolute atomic E-state index is 12.3. The number of fused-ring (bicyclic) bond motifs is 1. The number of halogens is 1. The highest BCUT2D eigenvalue weighted by molar-refractivity contribution is 7.90. The van der Waals surface area contributed by atoms with Crippen LogP contribution in [-0.4, -0.2) is 57.3 Å². The molecule has 7 nitrogen and oxygen atoms in total. The van der Waals surface area contributed by atoms with Gasteiger partial charge in [0.1, 0.15) is 12.4 Å². The minimum atomic E-state index is -3.55. The molecule has 0 spiro atoms. The lowest BCUT2D eigenvalue weighted by Crippen LogP contribution is -2.53. The summed E-state index contributed by atoms with van der Waals surface area (Å²) in [6.07, 6.45) is 0. The predicted molar refractivity (Wildman–Crippen MR) is 89.5 cm³/mol. The topological polar surface area (TPSA) is 90.9 Å². The number of benzene rings is 1. The molecule has 3 rings (SSSR count). The van der Waals surface area contributed by atoms with Crippen molar-refractivity contribution in [3.8, 4) is 0 Å². The van der Waals surface area contributed by atoms with Gasteiger partial charge in [-0.25, -0.2) is 8.42 Å². The van der Waals surface area contributed by atoms with Crippen LogP contribution in [0.5, 0.6) is 0 Å². The lowest BCUT2D eigenvalue weighted by molar-refractivity contribution is -0.132. The molecule has 1 aromatic carbocycles. The number of hydrogen-bond acceptors (Lipinski definition) is 5. The standard InChI is InChI=1S/C14H18N4O3S.ClH/c1-10-8-15-6-7-18(10)13(19)9-16-14-11-4-2-3-5-12(11)22(20,21)17-14;/h2-5,10,15H,6-9H2,1H3,(H,16,17);1H/t10-;/m1./s1. The SMILES string of the molecule is C[C@@H]1CNCCN1C(=O)CN=C1NS(=O)(=O)c2ccccc21.Cl. The second kappa shape index (κ2) is 6.86. The minimum Gasteiger partial charge on any atom is -0.336 e. The lowest BCUT2D eigenvalue weighted by atomic mass is 10.2. The van der Waals surface area contributed by atoms with E-state index in [-0.39, 0.29) is 41.6 Å². The first-order valence-corrected chi connectivity index (χ1v) is 8.64. The Kier molecular flexibility index (Phi) is 5.28. The smallest absolute Gasteiger partial charge is 0.263 e. The zero-order valence-corrected chi connectivity index (χ0v) is 14.3. The quantitative estimate of drug-likeness (QED) is 0.776. The van der Waals surface area contributed by atoms with Crippen molar-refractivity contribution in [1.29, 1.82) is 0 Å². The predicted octanol–water partition coefficient (Wildman–Crippen LogP) is -0.0328. The van der Waals surface area contributed by atoms with Gasteiger partial charge in [-0.05, 0) is 19.1 Å². The number of carbonyl (C=O) groups excluding carboxylic acids is 1. The van der Waals surface area contributed by atoms with Crippen LogP contribution in [0, 0.1) is 0 Å². The van der Waals surface area contributed by atoms with E-state index in [1.807, 2.05) is 6.92 Å². The van der Waals surface area contributed by atoms with Gasteiger partial charge >= 0.3 is 0 Å². The normalized spacial score (nSPS) is 23.8. The van der Waals surface area contributed by atoms with Gasteiger partial charge in [-0.2, -0.15) is 0 Å². The van der Waals surface area contributed by atoms with Crippen LogP contribution in [0.25, 0.3) is 0 Å². The van der Waals surface area contributed by atoms with E-state index in [2.05, 4.69) is 15.0 Å². The highest BCUT2D eigenvalue weighted by Gasteiger charge is 2.30. The number of sulfonamides is 1. The fraction of sp³-hybridized carbons (Fsp3) is 0.429. The maximum atomic E-state index is 12.3. The molecule has 1 fully saturated rings. The van der Waals surface area contributed by atoms with Gasteiger partial charge in [-0.1, -0.05) is 12.1 Å². The van der Waals surface area contributed by atoms with Gasteiger partial charge in [0, 0.05) is 31.2 Å². The third-order valence-electron chi connectivity index (χ3n) is 3.86. The lowest BCUT2D eigenvalue weighted by Gasteiger charge is -2.33. The van der Waals surface area contributed by atoms with Crippen molar-refractivity contribution in [1.82, 2.24) is 14.9 Å². The van der Waals surface area contributed by atoms with Crippen LogP contribution in [0.2, 0.25) is 0 Å². The molecule has 23 heavy (non-hydrogen) atoms. The van der Waals surface area contributed by atoms with E-state index in [1.54, 1.807) is 23.1 Å². The second-order valence-electron chi connectivity index (χ2n) is 5.41. The molecule has 1 atom stereocenters. The Labute approximate surface area is 141 Å². The zero-order chi connectivity index (χ0) is 15.7. The molecule has 0 radical (unpaired) electrons. The molecule has 1 saturated heterocycles. The van der Waals surface area contributed by atoms with Gasteiger partial charge < -0.3 is 10.2 Å². The summed E-state index contributed by atoms with van der Waals surface area (Å²) in [7, 11) is -3.55. The molecule has 0 bridgehead atoms. The first-order chi connectivity index (χ1) is 10.5. The van der Waals surface area contributed by atoms with Crippen LogP contribution in [0.1, 0.15) is 12.5 Å². The number of carbonyl (C=O) groups is 1. The van der Waals surface area contributed by atoms with E-state index in [4.69, 9.17) is 0 Å². The third-order valence-corrected chi connectivity index (χ3v) is 5.25. The van der Waals surface area contributed by atoms with Crippen LogP contribution >= 0.6 is 12.4 Å². The van der Waals surface area contributed by atoms with E-state index in [1.165, 1.54) is 6.07 Å². The van der Waals surface area contributed by atoms with Crippen LogP contribution in [-0.2, 0) is 14.8 Å². The Morgan fingerprint density at radius 2 is 2.13 bits per heavy atom. The zero-order valence-electron chi connectivity index (χ0n) is 12.7. The van der Waals surface area contributed by atoms with E-state index in [0.29, 0.717) is 12.1 Å². The number of amidine groups is 1. The van der Waals surface area contributed by atoms with Crippen LogP contribution < -0.4 is 10.0 Å². The van der Waals surface area contributed by atoms with E-state index in [0.717, 1.165) is 13.1 Å². The number of nitrogens with one attached hydrogen (secondary N) is 2. The fourth-order valence-corrected chi connectivity index (χ4v) is 3.95. The number of hydrogen-bond donors (Lipinski definition) is 2. The summed E-state index contributed by atoms with van der Waals surface area (Å²) in [4.78, 5) is 18.4. The van der Waals surface area contributed by atoms with Crippen molar-refractivity contribution < 1.29 is 13.2 Å². The Morgan fingerprint density at radius 1 is 1.39 bits per heavy atom. The highest BCUT2D eigenvalue weighted by Crippen LogP contribution is 2.22. The van der Waals surface area contributed by atoms with Crippen molar-refractivity contribution in [3.63, 3.8) is 0 Å². The molecule has 2 aliphatic heterocycles. The van der Waals surface area contributed by atoms with Gasteiger partial charge in [-0.15, -0.1) is 12.4 Å². The Bertz CT molecular complexity index is 735. The molecule has 2 N–H and O–H groups in total. The molecular weight excluding hydrogens is 340 g/mol. The van der Waals surface area contributed by atoms with Gasteiger partial charge in [-0.3, -0.25) is 14.5 Å². The summed E-state index contributed by atoms with van der Waals surface area (Å²) >= 11 is 0. The van der Waals surface area contributed by atoms with Crippen LogP contribution in [0.15, 0.2) is 34.2 Å². The molecule has 2 aliphatic rings. The number of amides is 1. The average molecular weight is 359 g/mol. The van der Waals surface area contributed by atoms with E-state index < -0.39 is 10.0 Å². The third kappa shape index (κ3) is 3.49. The monoisotopic (exact) mass is 358 g/mol.